The zero-order chi connectivity index (χ0) is 13.2. The third kappa shape index (κ3) is 3.28. The number of benzene rings is 1. The molecule has 1 aromatic rings. The van der Waals surface area contributed by atoms with Gasteiger partial charge in [0.05, 0.1) is 4.90 Å². The first-order valence-electron chi connectivity index (χ1n) is 5.96. The molecule has 0 bridgehead atoms. The fourth-order valence-electron chi connectivity index (χ4n) is 2.15. The quantitative estimate of drug-likeness (QED) is 0.866. The van der Waals surface area contributed by atoms with Gasteiger partial charge >= 0.3 is 0 Å². The first-order chi connectivity index (χ1) is 8.47. The van der Waals surface area contributed by atoms with Crippen molar-refractivity contribution in [2.45, 2.75) is 24.3 Å². The molecule has 0 saturated carbocycles. The normalized spacial score (nSPS) is 25.0. The summed E-state index contributed by atoms with van der Waals surface area (Å²) in [5, 5.41) is 3.18. The molecule has 2 rings (SSSR count). The molecule has 0 radical (unpaired) electrons. The molecule has 0 aromatic heterocycles. The third-order valence-electron chi connectivity index (χ3n) is 3.02. The first kappa shape index (κ1) is 13.5. The first-order valence-corrected chi connectivity index (χ1v) is 7.44. The fraction of sp³-hybridized carbons (Fsp3) is 0.500. The standard InChI is InChI=1S/C12H17FN2O2S/c1-9-6-11(8-14-7-9)15-18(16,17)12-4-2-10(13)3-5-12/h2-5,9,11,14-15H,6-8H2,1H3. The van der Waals surface area contributed by atoms with E-state index in [1.54, 1.807) is 0 Å². The Labute approximate surface area is 107 Å². The summed E-state index contributed by atoms with van der Waals surface area (Å²) in [7, 11) is -3.56. The molecule has 1 aromatic carbocycles. The predicted molar refractivity (Wildman–Crippen MR) is 67.2 cm³/mol. The Hall–Kier alpha value is -0.980. The van der Waals surface area contributed by atoms with E-state index in [1.807, 2.05) is 0 Å². The van der Waals surface area contributed by atoms with E-state index in [4.69, 9.17) is 0 Å². The van der Waals surface area contributed by atoms with Crippen LogP contribution in [0.4, 0.5) is 4.39 Å². The lowest BCUT2D eigenvalue weighted by atomic mass is 9.99. The van der Waals surface area contributed by atoms with Crippen LogP contribution in [-0.4, -0.2) is 27.5 Å². The predicted octanol–water partition coefficient (Wildman–Crippen LogP) is 1.10. The van der Waals surface area contributed by atoms with Gasteiger partial charge in [-0.25, -0.2) is 17.5 Å². The molecule has 4 nitrogen and oxygen atoms in total. The van der Waals surface area contributed by atoms with E-state index in [9.17, 15) is 12.8 Å². The lowest BCUT2D eigenvalue weighted by Gasteiger charge is -2.28. The Kier molecular flexibility index (Phi) is 3.99. The number of hydrogen-bond acceptors (Lipinski definition) is 3. The van der Waals surface area contributed by atoms with Crippen molar-refractivity contribution in [1.29, 1.82) is 0 Å². The number of piperidine rings is 1. The molecule has 2 unspecified atom stereocenters. The fourth-order valence-corrected chi connectivity index (χ4v) is 3.40. The molecule has 2 N–H and O–H groups in total. The SMILES string of the molecule is CC1CNCC(NS(=O)(=O)c2ccc(F)cc2)C1. The molecule has 1 aliphatic heterocycles. The van der Waals surface area contributed by atoms with Crippen LogP contribution in [0.25, 0.3) is 0 Å². The highest BCUT2D eigenvalue weighted by Gasteiger charge is 2.24. The maximum atomic E-state index is 12.8. The molecule has 1 saturated heterocycles. The van der Waals surface area contributed by atoms with Gasteiger partial charge in [-0.3, -0.25) is 0 Å². The van der Waals surface area contributed by atoms with Gasteiger partial charge in [0.2, 0.25) is 10.0 Å². The minimum Gasteiger partial charge on any atom is -0.315 e. The summed E-state index contributed by atoms with van der Waals surface area (Å²) in [6.45, 7) is 3.62. The number of halogens is 1. The highest BCUT2D eigenvalue weighted by atomic mass is 32.2. The zero-order valence-corrected chi connectivity index (χ0v) is 11.0. The molecular weight excluding hydrogens is 255 g/mol. The van der Waals surface area contributed by atoms with Crippen LogP contribution >= 0.6 is 0 Å². The molecule has 0 aliphatic carbocycles. The van der Waals surface area contributed by atoms with Crippen LogP contribution in [0.5, 0.6) is 0 Å². The Balaban J connectivity index is 2.09. The number of rotatable bonds is 3. The molecule has 2 atom stereocenters. The van der Waals surface area contributed by atoms with Gasteiger partial charge in [-0.05, 0) is 43.1 Å². The highest BCUT2D eigenvalue weighted by Crippen LogP contribution is 2.14. The maximum Gasteiger partial charge on any atom is 0.240 e. The summed E-state index contributed by atoms with van der Waals surface area (Å²) in [4.78, 5) is 0.0992. The largest absolute Gasteiger partial charge is 0.315 e. The summed E-state index contributed by atoms with van der Waals surface area (Å²) >= 11 is 0. The molecule has 1 aliphatic rings. The van der Waals surface area contributed by atoms with Crippen molar-refractivity contribution in [3.05, 3.63) is 30.1 Å². The summed E-state index contributed by atoms with van der Waals surface area (Å²) in [5.41, 5.74) is 0. The van der Waals surface area contributed by atoms with E-state index in [1.165, 1.54) is 12.1 Å². The molecule has 1 heterocycles. The van der Waals surface area contributed by atoms with Crippen LogP contribution in [0.3, 0.4) is 0 Å². The maximum absolute atomic E-state index is 12.8. The molecule has 0 amide bonds. The van der Waals surface area contributed by atoms with Crippen LogP contribution in [0.1, 0.15) is 13.3 Å². The number of sulfonamides is 1. The lowest BCUT2D eigenvalue weighted by Crippen LogP contribution is -2.48. The smallest absolute Gasteiger partial charge is 0.240 e. The lowest BCUT2D eigenvalue weighted by molar-refractivity contribution is 0.346. The van der Waals surface area contributed by atoms with E-state index < -0.39 is 15.8 Å². The van der Waals surface area contributed by atoms with E-state index in [2.05, 4.69) is 17.0 Å². The molecule has 18 heavy (non-hydrogen) atoms. The Morgan fingerprint density at radius 1 is 1.28 bits per heavy atom. The molecule has 0 spiro atoms. The van der Waals surface area contributed by atoms with E-state index in [0.29, 0.717) is 12.5 Å². The average molecular weight is 272 g/mol. The molecule has 100 valence electrons. The van der Waals surface area contributed by atoms with Crippen molar-refractivity contribution < 1.29 is 12.8 Å². The molecule has 1 fully saturated rings. The van der Waals surface area contributed by atoms with Gasteiger partial charge in [-0.2, -0.15) is 0 Å². The van der Waals surface area contributed by atoms with Crippen LogP contribution in [0.15, 0.2) is 29.2 Å². The second-order valence-electron chi connectivity index (χ2n) is 4.77. The van der Waals surface area contributed by atoms with E-state index >= 15 is 0 Å². The summed E-state index contributed by atoms with van der Waals surface area (Å²) in [6.07, 6.45) is 0.813. The summed E-state index contributed by atoms with van der Waals surface area (Å²) in [5.74, 6) is 0.00146. The monoisotopic (exact) mass is 272 g/mol. The van der Waals surface area contributed by atoms with Crippen LogP contribution in [-0.2, 0) is 10.0 Å². The zero-order valence-electron chi connectivity index (χ0n) is 10.2. The summed E-state index contributed by atoms with van der Waals surface area (Å²) in [6, 6.07) is 4.74. The molecule has 6 heteroatoms. The van der Waals surface area contributed by atoms with Gasteiger partial charge in [-0.1, -0.05) is 6.92 Å². The van der Waals surface area contributed by atoms with Gasteiger partial charge in [0.25, 0.3) is 0 Å². The molecular formula is C12H17FN2O2S. The van der Waals surface area contributed by atoms with Gasteiger partial charge in [0, 0.05) is 12.6 Å². The van der Waals surface area contributed by atoms with Crippen molar-refractivity contribution in [2.75, 3.05) is 13.1 Å². The van der Waals surface area contributed by atoms with Crippen molar-refractivity contribution >= 4 is 10.0 Å². The van der Waals surface area contributed by atoms with E-state index in [-0.39, 0.29) is 10.9 Å². The van der Waals surface area contributed by atoms with Crippen molar-refractivity contribution in [3.8, 4) is 0 Å². The van der Waals surface area contributed by atoms with Crippen LogP contribution in [0, 0.1) is 11.7 Å². The van der Waals surface area contributed by atoms with Gasteiger partial charge < -0.3 is 5.32 Å². The van der Waals surface area contributed by atoms with Crippen LogP contribution in [0.2, 0.25) is 0 Å². The second-order valence-corrected chi connectivity index (χ2v) is 6.49. The third-order valence-corrected chi connectivity index (χ3v) is 4.55. The minimum absolute atomic E-state index is 0.0992. The highest BCUT2D eigenvalue weighted by molar-refractivity contribution is 7.89. The van der Waals surface area contributed by atoms with Gasteiger partial charge in [0.15, 0.2) is 0 Å². The van der Waals surface area contributed by atoms with Crippen molar-refractivity contribution in [3.63, 3.8) is 0 Å². The second kappa shape index (κ2) is 5.34. The van der Waals surface area contributed by atoms with Crippen LogP contribution < -0.4 is 10.0 Å². The Bertz CT molecular complexity index is 501. The average Bonchev–Trinajstić information content (AvgIpc) is 2.29. The van der Waals surface area contributed by atoms with Crippen molar-refractivity contribution in [2.24, 2.45) is 5.92 Å². The van der Waals surface area contributed by atoms with Gasteiger partial charge in [0.1, 0.15) is 5.82 Å². The Morgan fingerprint density at radius 2 is 1.94 bits per heavy atom. The van der Waals surface area contributed by atoms with Gasteiger partial charge in [-0.15, -0.1) is 0 Å². The number of hydrogen-bond donors (Lipinski definition) is 2. The topological polar surface area (TPSA) is 58.2 Å². The van der Waals surface area contributed by atoms with E-state index in [0.717, 1.165) is 25.1 Å². The minimum atomic E-state index is -3.56. The van der Waals surface area contributed by atoms with Crippen molar-refractivity contribution in [1.82, 2.24) is 10.0 Å². The number of nitrogens with one attached hydrogen (secondary N) is 2. The Morgan fingerprint density at radius 3 is 2.56 bits per heavy atom. The summed E-state index contributed by atoms with van der Waals surface area (Å²) < 4.78 is 39.5.